The van der Waals surface area contributed by atoms with Crippen LogP contribution in [0.2, 0.25) is 0 Å². The molecule has 0 unspecified atom stereocenters. The zero-order chi connectivity index (χ0) is 12.3. The lowest BCUT2D eigenvalue weighted by Gasteiger charge is -2.41. The van der Waals surface area contributed by atoms with Gasteiger partial charge in [0.25, 0.3) is 0 Å². The number of rotatable bonds is 6. The third-order valence-electron chi connectivity index (χ3n) is 3.05. The van der Waals surface area contributed by atoms with Gasteiger partial charge in [0, 0.05) is 13.2 Å². The van der Waals surface area contributed by atoms with E-state index in [9.17, 15) is 4.57 Å². The third kappa shape index (κ3) is 3.05. The van der Waals surface area contributed by atoms with Crippen LogP contribution in [0.1, 0.15) is 41.5 Å². The summed E-state index contributed by atoms with van der Waals surface area (Å²) in [6, 6.07) is 0. The fourth-order valence-electron chi connectivity index (χ4n) is 1.60. The molecular formula is C11H25O3P. The van der Waals surface area contributed by atoms with Crippen molar-refractivity contribution in [3.8, 4) is 0 Å². The van der Waals surface area contributed by atoms with Crippen LogP contribution in [0.5, 0.6) is 0 Å². The summed E-state index contributed by atoms with van der Waals surface area (Å²) in [5.41, 5.74) is 0. The molecule has 3 nitrogen and oxygen atoms in total. The van der Waals surface area contributed by atoms with Gasteiger partial charge in [0.2, 0.25) is 0 Å². The van der Waals surface area contributed by atoms with E-state index in [0.717, 1.165) is 0 Å². The highest BCUT2D eigenvalue weighted by Gasteiger charge is 2.49. The molecule has 0 aliphatic carbocycles. The Bertz CT molecular complexity index is 224. The van der Waals surface area contributed by atoms with E-state index in [1.807, 2.05) is 41.5 Å². The minimum absolute atomic E-state index is 0.563. The van der Waals surface area contributed by atoms with Gasteiger partial charge in [-0.3, -0.25) is 0 Å². The average Bonchev–Trinajstić information content (AvgIpc) is 2.03. The second kappa shape index (κ2) is 4.99. The minimum atomic E-state index is -2.58. The molecule has 0 fully saturated rings. The quantitative estimate of drug-likeness (QED) is 0.662. The summed E-state index contributed by atoms with van der Waals surface area (Å²) < 4.78 is 24.0. The second-order valence-electron chi connectivity index (χ2n) is 4.68. The summed E-state index contributed by atoms with van der Waals surface area (Å²) in [5.74, 6) is 0. The lowest BCUT2D eigenvalue weighted by atomic mass is 10.4. The van der Waals surface area contributed by atoms with E-state index in [1.165, 1.54) is 0 Å². The van der Waals surface area contributed by atoms with Crippen molar-refractivity contribution in [1.29, 1.82) is 0 Å². The molecule has 0 spiro atoms. The van der Waals surface area contributed by atoms with Crippen molar-refractivity contribution in [2.75, 3.05) is 19.9 Å². The van der Waals surface area contributed by atoms with E-state index in [1.54, 1.807) is 6.66 Å². The Hall–Kier alpha value is 0.150. The molecule has 15 heavy (non-hydrogen) atoms. The maximum absolute atomic E-state index is 12.8. The molecule has 0 saturated heterocycles. The van der Waals surface area contributed by atoms with Crippen molar-refractivity contribution in [3.05, 3.63) is 0 Å². The lowest BCUT2D eigenvalue weighted by molar-refractivity contribution is 0.0183. The van der Waals surface area contributed by atoms with E-state index in [2.05, 4.69) is 0 Å². The van der Waals surface area contributed by atoms with Gasteiger partial charge in [0.05, 0.1) is 0 Å². The Kier molecular flexibility index (Phi) is 5.04. The van der Waals surface area contributed by atoms with E-state index < -0.39 is 17.8 Å². The van der Waals surface area contributed by atoms with Crippen molar-refractivity contribution in [3.63, 3.8) is 0 Å². The Labute approximate surface area is 93.9 Å². The smallest absolute Gasteiger partial charge is 0.144 e. The minimum Gasteiger partial charge on any atom is -0.368 e. The Balaban J connectivity index is 5.03. The molecule has 4 heteroatoms. The highest BCUT2D eigenvalue weighted by molar-refractivity contribution is 7.65. The van der Waals surface area contributed by atoms with Crippen LogP contribution >= 0.6 is 7.14 Å². The number of hydrogen-bond donors (Lipinski definition) is 0. The van der Waals surface area contributed by atoms with Crippen molar-refractivity contribution in [2.24, 2.45) is 0 Å². The molecule has 0 N–H and O–H groups in total. The number of ether oxygens (including phenoxy) is 2. The normalized spacial score (nSPS) is 14.3. The van der Waals surface area contributed by atoms with Crippen LogP contribution in [0.3, 0.4) is 0 Å². The largest absolute Gasteiger partial charge is 0.368 e. The average molecular weight is 236 g/mol. The topological polar surface area (TPSA) is 35.5 Å². The van der Waals surface area contributed by atoms with Gasteiger partial charge in [0.1, 0.15) is 17.8 Å². The standard InChI is InChI=1S/C11H25O3P/c1-8-13-10(3,4)15(7,12)11(5,6)14-9-2/h8-9H2,1-7H3. The first-order valence-corrected chi connectivity index (χ1v) is 7.63. The maximum Gasteiger partial charge on any atom is 0.144 e. The second-order valence-corrected chi connectivity index (χ2v) is 8.69. The Morgan fingerprint density at radius 1 is 0.933 bits per heavy atom. The van der Waals surface area contributed by atoms with E-state index >= 15 is 0 Å². The molecule has 0 aromatic rings. The summed E-state index contributed by atoms with van der Waals surface area (Å²) in [7, 11) is -2.58. The molecule has 0 bridgehead atoms. The zero-order valence-electron chi connectivity index (χ0n) is 11.1. The van der Waals surface area contributed by atoms with E-state index in [-0.39, 0.29) is 0 Å². The maximum atomic E-state index is 12.8. The predicted molar refractivity (Wildman–Crippen MR) is 64.9 cm³/mol. The fourth-order valence-corrected chi connectivity index (χ4v) is 3.65. The highest BCUT2D eigenvalue weighted by Crippen LogP contribution is 2.64. The van der Waals surface area contributed by atoms with Crippen LogP contribution in [-0.4, -0.2) is 30.6 Å². The molecule has 0 aliphatic rings. The van der Waals surface area contributed by atoms with E-state index in [4.69, 9.17) is 9.47 Å². The van der Waals surface area contributed by atoms with Gasteiger partial charge in [-0.15, -0.1) is 0 Å². The van der Waals surface area contributed by atoms with Gasteiger partial charge in [0.15, 0.2) is 0 Å². The molecular weight excluding hydrogens is 211 g/mol. The summed E-state index contributed by atoms with van der Waals surface area (Å²) >= 11 is 0. The molecule has 0 aliphatic heterocycles. The molecule has 0 aromatic heterocycles. The van der Waals surface area contributed by atoms with Gasteiger partial charge in [-0.1, -0.05) is 0 Å². The van der Waals surface area contributed by atoms with Gasteiger partial charge in [-0.25, -0.2) is 0 Å². The van der Waals surface area contributed by atoms with Crippen molar-refractivity contribution < 1.29 is 14.0 Å². The van der Waals surface area contributed by atoms with Crippen LogP contribution < -0.4 is 0 Å². The highest BCUT2D eigenvalue weighted by atomic mass is 31.2. The molecule has 0 saturated carbocycles. The monoisotopic (exact) mass is 236 g/mol. The van der Waals surface area contributed by atoms with Crippen molar-refractivity contribution in [2.45, 2.75) is 52.2 Å². The Morgan fingerprint density at radius 3 is 1.40 bits per heavy atom. The van der Waals surface area contributed by atoms with Gasteiger partial charge in [-0.2, -0.15) is 0 Å². The van der Waals surface area contributed by atoms with Crippen LogP contribution in [0, 0.1) is 0 Å². The first kappa shape index (κ1) is 15.2. The molecule has 0 atom stereocenters. The van der Waals surface area contributed by atoms with Gasteiger partial charge in [-0.05, 0) is 48.2 Å². The van der Waals surface area contributed by atoms with Crippen LogP contribution in [0.4, 0.5) is 0 Å². The molecule has 0 amide bonds. The molecule has 0 heterocycles. The molecule has 92 valence electrons. The summed E-state index contributed by atoms with van der Waals surface area (Å²) in [6.45, 7) is 14.2. The lowest BCUT2D eigenvalue weighted by Crippen LogP contribution is -2.36. The number of hydrogen-bond acceptors (Lipinski definition) is 3. The molecule has 0 rings (SSSR count). The predicted octanol–water partition coefficient (Wildman–Crippen LogP) is 3.52. The Morgan fingerprint density at radius 2 is 1.20 bits per heavy atom. The van der Waals surface area contributed by atoms with Crippen LogP contribution in [-0.2, 0) is 14.0 Å². The summed E-state index contributed by atoms with van der Waals surface area (Å²) in [5, 5.41) is -1.28. The van der Waals surface area contributed by atoms with Crippen LogP contribution in [0.15, 0.2) is 0 Å². The van der Waals surface area contributed by atoms with Gasteiger partial charge >= 0.3 is 0 Å². The molecule has 0 aromatic carbocycles. The third-order valence-corrected chi connectivity index (χ3v) is 7.42. The zero-order valence-corrected chi connectivity index (χ0v) is 12.0. The molecule has 0 radical (unpaired) electrons. The van der Waals surface area contributed by atoms with Crippen molar-refractivity contribution in [1.82, 2.24) is 0 Å². The first-order valence-electron chi connectivity index (χ1n) is 5.48. The van der Waals surface area contributed by atoms with Crippen LogP contribution in [0.25, 0.3) is 0 Å². The van der Waals surface area contributed by atoms with Gasteiger partial charge < -0.3 is 14.0 Å². The fraction of sp³-hybridized carbons (Fsp3) is 1.00. The summed E-state index contributed by atoms with van der Waals surface area (Å²) in [6.07, 6.45) is 0. The SMILES string of the molecule is CCOC(C)(C)P(C)(=O)C(C)(C)OCC. The first-order chi connectivity index (χ1) is 6.62. The summed E-state index contributed by atoms with van der Waals surface area (Å²) in [4.78, 5) is 0. The van der Waals surface area contributed by atoms with E-state index in [0.29, 0.717) is 13.2 Å². The van der Waals surface area contributed by atoms with Crippen molar-refractivity contribution >= 4 is 7.14 Å².